The summed E-state index contributed by atoms with van der Waals surface area (Å²) in [6.45, 7) is 6.46. The van der Waals surface area contributed by atoms with Crippen molar-refractivity contribution >= 4 is 0 Å². The lowest BCUT2D eigenvalue weighted by molar-refractivity contribution is 0.00796. The summed E-state index contributed by atoms with van der Waals surface area (Å²) in [5.74, 6) is 0. The summed E-state index contributed by atoms with van der Waals surface area (Å²) < 4.78 is 5.83. The summed E-state index contributed by atoms with van der Waals surface area (Å²) in [4.78, 5) is 2.43. The van der Waals surface area contributed by atoms with E-state index in [0.717, 1.165) is 6.61 Å². The number of ether oxygens (including phenoxy) is 1. The molecule has 0 radical (unpaired) electrons. The van der Waals surface area contributed by atoms with Crippen LogP contribution in [0.4, 0.5) is 0 Å². The Labute approximate surface area is 86.8 Å². The van der Waals surface area contributed by atoms with Crippen LogP contribution >= 0.6 is 0 Å². The largest absolute Gasteiger partial charge is 0.360 e. The standard InChI is InChI=1S/C11H22N2O/c1-11(2)8-14-10(12-11)9-6-4-5-7-13(9)3/h9-10,12H,4-8H2,1-3H3. The van der Waals surface area contributed by atoms with Gasteiger partial charge in [0, 0.05) is 11.6 Å². The molecule has 2 fully saturated rings. The van der Waals surface area contributed by atoms with Gasteiger partial charge in [0.05, 0.1) is 6.61 Å². The number of nitrogens with one attached hydrogen (secondary N) is 1. The van der Waals surface area contributed by atoms with E-state index < -0.39 is 0 Å². The van der Waals surface area contributed by atoms with E-state index in [2.05, 4.69) is 31.1 Å². The highest BCUT2D eigenvalue weighted by Gasteiger charge is 2.37. The number of piperidine rings is 1. The topological polar surface area (TPSA) is 24.5 Å². The minimum atomic E-state index is 0.156. The lowest BCUT2D eigenvalue weighted by Crippen LogP contribution is -2.51. The molecule has 0 amide bonds. The molecular formula is C11H22N2O. The second kappa shape index (κ2) is 3.80. The van der Waals surface area contributed by atoms with Crippen LogP contribution in [0.5, 0.6) is 0 Å². The summed E-state index contributed by atoms with van der Waals surface area (Å²) in [5.41, 5.74) is 0.156. The lowest BCUT2D eigenvalue weighted by Gasteiger charge is -2.36. The zero-order chi connectivity index (χ0) is 10.2. The van der Waals surface area contributed by atoms with Gasteiger partial charge in [0.2, 0.25) is 0 Å². The smallest absolute Gasteiger partial charge is 0.124 e. The molecule has 3 heteroatoms. The molecule has 0 saturated carbocycles. The Morgan fingerprint density at radius 3 is 2.71 bits per heavy atom. The van der Waals surface area contributed by atoms with Crippen molar-refractivity contribution in [3.63, 3.8) is 0 Å². The van der Waals surface area contributed by atoms with Gasteiger partial charge >= 0.3 is 0 Å². The second-order valence-corrected chi connectivity index (χ2v) is 5.30. The van der Waals surface area contributed by atoms with Gasteiger partial charge in [-0.1, -0.05) is 6.42 Å². The maximum atomic E-state index is 5.83. The van der Waals surface area contributed by atoms with E-state index in [1.165, 1.54) is 25.8 Å². The van der Waals surface area contributed by atoms with E-state index >= 15 is 0 Å². The van der Waals surface area contributed by atoms with Crippen molar-refractivity contribution in [3.05, 3.63) is 0 Å². The molecule has 2 aliphatic rings. The normalized spacial score (nSPS) is 38.8. The molecule has 2 unspecified atom stereocenters. The lowest BCUT2D eigenvalue weighted by atomic mass is 10.0. The first-order valence-corrected chi connectivity index (χ1v) is 5.68. The van der Waals surface area contributed by atoms with Gasteiger partial charge in [-0.15, -0.1) is 0 Å². The zero-order valence-electron chi connectivity index (χ0n) is 9.55. The molecule has 0 aliphatic carbocycles. The molecular weight excluding hydrogens is 176 g/mol. The Balaban J connectivity index is 1.95. The van der Waals surface area contributed by atoms with Crippen molar-refractivity contribution in [3.8, 4) is 0 Å². The number of likely N-dealkylation sites (N-methyl/N-ethyl adjacent to an activating group) is 1. The SMILES string of the molecule is CN1CCCCC1C1NC(C)(C)CO1. The predicted molar refractivity (Wildman–Crippen MR) is 57.2 cm³/mol. The van der Waals surface area contributed by atoms with Crippen LogP contribution in [0, 0.1) is 0 Å². The Bertz CT molecular complexity index is 205. The quantitative estimate of drug-likeness (QED) is 0.685. The molecule has 1 N–H and O–H groups in total. The van der Waals surface area contributed by atoms with Crippen molar-refractivity contribution in [1.82, 2.24) is 10.2 Å². The van der Waals surface area contributed by atoms with Crippen molar-refractivity contribution in [2.75, 3.05) is 20.2 Å². The molecule has 14 heavy (non-hydrogen) atoms. The van der Waals surface area contributed by atoms with Crippen LogP contribution in [-0.4, -0.2) is 42.9 Å². The highest BCUT2D eigenvalue weighted by Crippen LogP contribution is 2.24. The van der Waals surface area contributed by atoms with Gasteiger partial charge in [-0.25, -0.2) is 0 Å². The molecule has 2 aliphatic heterocycles. The van der Waals surface area contributed by atoms with Gasteiger partial charge in [-0.3, -0.25) is 10.2 Å². The van der Waals surface area contributed by atoms with E-state index in [1.807, 2.05) is 0 Å². The number of hydrogen-bond donors (Lipinski definition) is 1. The molecule has 2 saturated heterocycles. The first kappa shape index (κ1) is 10.4. The molecule has 2 heterocycles. The fourth-order valence-electron chi connectivity index (χ4n) is 2.46. The predicted octanol–water partition coefficient (Wildman–Crippen LogP) is 1.20. The third-order valence-electron chi connectivity index (χ3n) is 3.33. The molecule has 2 rings (SSSR count). The van der Waals surface area contributed by atoms with E-state index in [0.29, 0.717) is 6.04 Å². The van der Waals surface area contributed by atoms with Gasteiger partial charge in [0.25, 0.3) is 0 Å². The molecule has 0 bridgehead atoms. The molecule has 0 aromatic rings. The van der Waals surface area contributed by atoms with Crippen molar-refractivity contribution in [1.29, 1.82) is 0 Å². The maximum absolute atomic E-state index is 5.83. The second-order valence-electron chi connectivity index (χ2n) is 5.30. The summed E-state index contributed by atoms with van der Waals surface area (Å²) in [5, 5.41) is 3.57. The Morgan fingerprint density at radius 1 is 1.36 bits per heavy atom. The molecule has 3 nitrogen and oxygen atoms in total. The average molecular weight is 198 g/mol. The monoisotopic (exact) mass is 198 g/mol. The molecule has 82 valence electrons. The zero-order valence-corrected chi connectivity index (χ0v) is 9.55. The number of hydrogen-bond acceptors (Lipinski definition) is 3. The molecule has 2 atom stereocenters. The third kappa shape index (κ3) is 2.10. The van der Waals surface area contributed by atoms with Gasteiger partial charge in [-0.05, 0) is 40.3 Å². The van der Waals surface area contributed by atoms with Crippen molar-refractivity contribution < 1.29 is 4.74 Å². The fraction of sp³-hybridized carbons (Fsp3) is 1.00. The third-order valence-corrected chi connectivity index (χ3v) is 3.33. The van der Waals surface area contributed by atoms with Crippen LogP contribution in [0.3, 0.4) is 0 Å². The number of rotatable bonds is 1. The summed E-state index contributed by atoms with van der Waals surface area (Å²) in [6, 6.07) is 0.575. The van der Waals surface area contributed by atoms with Crippen molar-refractivity contribution in [2.24, 2.45) is 0 Å². The molecule has 0 aromatic carbocycles. The molecule has 0 spiro atoms. The van der Waals surface area contributed by atoms with Crippen LogP contribution in [0.15, 0.2) is 0 Å². The molecule has 0 aromatic heterocycles. The van der Waals surface area contributed by atoms with E-state index in [-0.39, 0.29) is 11.8 Å². The van der Waals surface area contributed by atoms with Gasteiger partial charge in [-0.2, -0.15) is 0 Å². The van der Waals surface area contributed by atoms with Gasteiger partial charge in [0.1, 0.15) is 6.23 Å². The minimum Gasteiger partial charge on any atom is -0.360 e. The van der Waals surface area contributed by atoms with Crippen LogP contribution in [0.25, 0.3) is 0 Å². The highest BCUT2D eigenvalue weighted by atomic mass is 16.5. The fourth-order valence-corrected chi connectivity index (χ4v) is 2.46. The van der Waals surface area contributed by atoms with Crippen LogP contribution in [0.2, 0.25) is 0 Å². The van der Waals surface area contributed by atoms with Gasteiger partial charge in [0.15, 0.2) is 0 Å². The Kier molecular flexibility index (Phi) is 2.82. The number of nitrogens with zero attached hydrogens (tertiary/aromatic N) is 1. The first-order chi connectivity index (χ1) is 6.58. The maximum Gasteiger partial charge on any atom is 0.124 e. The first-order valence-electron chi connectivity index (χ1n) is 5.68. The summed E-state index contributed by atoms with van der Waals surface area (Å²) >= 11 is 0. The summed E-state index contributed by atoms with van der Waals surface area (Å²) in [6.07, 6.45) is 4.19. The number of likely N-dealkylation sites (tertiary alicyclic amines) is 1. The summed E-state index contributed by atoms with van der Waals surface area (Å²) in [7, 11) is 2.21. The van der Waals surface area contributed by atoms with E-state index in [9.17, 15) is 0 Å². The Hall–Kier alpha value is -0.120. The van der Waals surface area contributed by atoms with Crippen LogP contribution in [0.1, 0.15) is 33.1 Å². The van der Waals surface area contributed by atoms with E-state index in [4.69, 9.17) is 4.74 Å². The van der Waals surface area contributed by atoms with Crippen molar-refractivity contribution in [2.45, 2.75) is 50.9 Å². The highest BCUT2D eigenvalue weighted by molar-refractivity contribution is 4.91. The van der Waals surface area contributed by atoms with E-state index in [1.54, 1.807) is 0 Å². The minimum absolute atomic E-state index is 0.156. The Morgan fingerprint density at radius 2 is 2.14 bits per heavy atom. The average Bonchev–Trinajstić information content (AvgIpc) is 2.47. The van der Waals surface area contributed by atoms with Gasteiger partial charge < -0.3 is 4.74 Å². The van der Waals surface area contributed by atoms with Crippen LogP contribution in [-0.2, 0) is 4.74 Å². The van der Waals surface area contributed by atoms with Crippen LogP contribution < -0.4 is 5.32 Å².